The number of ether oxygens (including phenoxy) is 1. The predicted molar refractivity (Wildman–Crippen MR) is 88.6 cm³/mol. The summed E-state index contributed by atoms with van der Waals surface area (Å²) in [5.74, 6) is -1.25. The van der Waals surface area contributed by atoms with Gasteiger partial charge in [-0.2, -0.15) is 0 Å². The predicted octanol–water partition coefficient (Wildman–Crippen LogP) is 2.29. The first-order chi connectivity index (χ1) is 10.9. The van der Waals surface area contributed by atoms with Crippen LogP contribution >= 0.6 is 0 Å². The van der Waals surface area contributed by atoms with E-state index in [4.69, 9.17) is 9.84 Å². The molecule has 2 atom stereocenters. The Morgan fingerprint density at radius 3 is 1.92 bits per heavy atom. The highest BCUT2D eigenvalue weighted by molar-refractivity contribution is 5.75. The number of amides is 1. The number of aliphatic hydroxyl groups excluding tert-OH is 1. The van der Waals surface area contributed by atoms with Crippen molar-refractivity contribution < 1.29 is 29.3 Å². The fourth-order valence-electron chi connectivity index (χ4n) is 1.58. The van der Waals surface area contributed by atoms with Gasteiger partial charge in [-0.1, -0.05) is 30.3 Å². The number of hydrogen-bond acceptors (Lipinski definition) is 5. The molecule has 0 aromatic heterocycles. The summed E-state index contributed by atoms with van der Waals surface area (Å²) in [7, 11) is 0. The molecule has 3 N–H and O–H groups in total. The second-order valence-corrected chi connectivity index (χ2v) is 6.23. The van der Waals surface area contributed by atoms with E-state index in [9.17, 15) is 19.5 Å². The molecule has 0 aliphatic heterocycles. The maximum Gasteiger partial charge on any atom is 0.408 e. The van der Waals surface area contributed by atoms with Crippen molar-refractivity contribution >= 4 is 17.8 Å². The van der Waals surface area contributed by atoms with Crippen molar-refractivity contribution in [1.29, 1.82) is 0 Å². The largest absolute Gasteiger partial charge is 0.479 e. The molecule has 7 nitrogen and oxygen atoms in total. The summed E-state index contributed by atoms with van der Waals surface area (Å²) in [6.07, 6.45) is -2.54. The number of carboxylic acid groups (broad SMARTS) is 1. The number of carbonyl (C=O) groups is 3. The van der Waals surface area contributed by atoms with Crippen LogP contribution in [-0.4, -0.2) is 39.8 Å². The summed E-state index contributed by atoms with van der Waals surface area (Å²) in [4.78, 5) is 32.1. The van der Waals surface area contributed by atoms with Crippen molar-refractivity contribution in [3.63, 3.8) is 0 Å². The monoisotopic (exact) mass is 339 g/mol. The lowest BCUT2D eigenvalue weighted by Gasteiger charge is -2.25. The van der Waals surface area contributed by atoms with Crippen LogP contribution in [0.4, 0.5) is 4.79 Å². The number of nitrogens with one attached hydrogen (secondary N) is 1. The van der Waals surface area contributed by atoms with Crippen LogP contribution < -0.4 is 5.32 Å². The highest BCUT2D eigenvalue weighted by Gasteiger charge is 2.30. The molecule has 0 saturated heterocycles. The molecule has 0 bridgehead atoms. The van der Waals surface area contributed by atoms with E-state index >= 15 is 0 Å². The van der Waals surface area contributed by atoms with Crippen molar-refractivity contribution in [3.05, 3.63) is 35.9 Å². The zero-order valence-electron chi connectivity index (χ0n) is 14.6. The average molecular weight is 339 g/mol. The number of Topliss-reactive ketones (excluding diaryl/α,β-unsaturated/α-hetero) is 1. The minimum atomic E-state index is -1.76. The number of aliphatic carboxylic acids is 1. The molecule has 1 rings (SSSR count). The number of alkyl carbamates (subject to hydrolysis) is 1. The Balaban J connectivity index is 0.00000118. The lowest BCUT2D eigenvalue weighted by molar-refractivity contribution is -0.148. The second-order valence-electron chi connectivity index (χ2n) is 6.23. The van der Waals surface area contributed by atoms with E-state index in [0.29, 0.717) is 5.56 Å². The van der Waals surface area contributed by atoms with Crippen LogP contribution in [0, 0.1) is 0 Å². The molecular formula is C17H25NO6. The average Bonchev–Trinajstić information content (AvgIpc) is 2.42. The lowest BCUT2D eigenvalue weighted by Crippen LogP contribution is -2.42. The molecule has 0 fully saturated rings. The molecule has 0 radical (unpaired) electrons. The molecule has 0 heterocycles. The first-order valence-corrected chi connectivity index (χ1v) is 7.36. The van der Waals surface area contributed by atoms with E-state index in [1.54, 1.807) is 51.1 Å². The van der Waals surface area contributed by atoms with Gasteiger partial charge < -0.3 is 25.1 Å². The van der Waals surface area contributed by atoms with E-state index in [1.165, 1.54) is 13.8 Å². The first kappa shape index (κ1) is 21.6. The number of hydrogen-bond donors (Lipinski definition) is 3. The van der Waals surface area contributed by atoms with Gasteiger partial charge in [0.1, 0.15) is 11.4 Å². The zero-order chi connectivity index (χ0) is 18.9. The summed E-state index contributed by atoms with van der Waals surface area (Å²) >= 11 is 0. The maximum atomic E-state index is 11.7. The van der Waals surface area contributed by atoms with Crippen molar-refractivity contribution in [1.82, 2.24) is 5.32 Å². The Hall–Kier alpha value is -2.41. The van der Waals surface area contributed by atoms with Gasteiger partial charge in [0.05, 0.1) is 6.04 Å². The fourth-order valence-corrected chi connectivity index (χ4v) is 1.58. The highest BCUT2D eigenvalue weighted by atomic mass is 16.6. The van der Waals surface area contributed by atoms with Gasteiger partial charge >= 0.3 is 12.1 Å². The molecule has 0 saturated carbocycles. The topological polar surface area (TPSA) is 113 Å². The van der Waals surface area contributed by atoms with Crippen LogP contribution in [0.15, 0.2) is 30.3 Å². The van der Waals surface area contributed by atoms with Crippen molar-refractivity contribution in [2.75, 3.05) is 0 Å². The quantitative estimate of drug-likeness (QED) is 0.776. The second kappa shape index (κ2) is 9.67. The van der Waals surface area contributed by atoms with Crippen molar-refractivity contribution in [3.8, 4) is 0 Å². The molecule has 7 heteroatoms. The number of carbonyl (C=O) groups excluding carboxylic acids is 2. The van der Waals surface area contributed by atoms with Crippen molar-refractivity contribution in [2.45, 2.75) is 52.4 Å². The summed E-state index contributed by atoms with van der Waals surface area (Å²) in [6.45, 7) is 8.13. The van der Waals surface area contributed by atoms with Gasteiger partial charge in [-0.25, -0.2) is 9.59 Å². The highest BCUT2D eigenvalue weighted by Crippen LogP contribution is 2.18. The maximum absolute atomic E-state index is 11.7. The fraction of sp³-hybridized carbons (Fsp3) is 0.471. The number of benzene rings is 1. The number of aliphatic hydroxyl groups is 1. The summed E-state index contributed by atoms with van der Waals surface area (Å²) < 4.78 is 5.07. The molecule has 0 unspecified atom stereocenters. The summed E-state index contributed by atoms with van der Waals surface area (Å²) in [5, 5.41) is 21.0. The van der Waals surface area contributed by atoms with Crippen LogP contribution in [-0.2, 0) is 14.3 Å². The third kappa shape index (κ3) is 9.58. The van der Waals surface area contributed by atoms with Crippen LogP contribution in [0.2, 0.25) is 0 Å². The van der Waals surface area contributed by atoms with Gasteiger partial charge in [-0.3, -0.25) is 0 Å². The van der Waals surface area contributed by atoms with Crippen LogP contribution in [0.5, 0.6) is 0 Å². The molecule has 1 aromatic carbocycles. The Kier molecular flexibility index (Phi) is 8.70. The molecule has 134 valence electrons. The Morgan fingerprint density at radius 2 is 1.54 bits per heavy atom. The molecule has 1 amide bonds. The van der Waals surface area contributed by atoms with E-state index in [1.807, 2.05) is 0 Å². The molecule has 1 aromatic rings. The Labute approximate surface area is 141 Å². The van der Waals surface area contributed by atoms with Crippen LogP contribution in [0.25, 0.3) is 0 Å². The van der Waals surface area contributed by atoms with E-state index < -0.39 is 29.8 Å². The molecule has 0 aliphatic carbocycles. The Morgan fingerprint density at radius 1 is 1.08 bits per heavy atom. The molecule has 24 heavy (non-hydrogen) atoms. The Bertz CT molecular complexity index is 546. The standard InChI is InChI=1S/C14H19NO5.C3H6O/c1-14(2,3)20-13(19)15-10(11(16)12(17)18)9-7-5-4-6-8-9;1-3(2)4/h4-8,10-11,16H,1-3H3,(H,15,19)(H,17,18);1-2H3/t10-,11+;/m0./s1. The van der Waals surface area contributed by atoms with Gasteiger partial charge in [-0.05, 0) is 40.2 Å². The van der Waals surface area contributed by atoms with Gasteiger partial charge in [0.25, 0.3) is 0 Å². The van der Waals surface area contributed by atoms with Gasteiger partial charge in [-0.15, -0.1) is 0 Å². The minimum absolute atomic E-state index is 0.167. The first-order valence-electron chi connectivity index (χ1n) is 7.36. The minimum Gasteiger partial charge on any atom is -0.479 e. The van der Waals surface area contributed by atoms with Gasteiger partial charge in [0.15, 0.2) is 6.10 Å². The zero-order valence-corrected chi connectivity index (χ0v) is 14.6. The number of rotatable bonds is 4. The summed E-state index contributed by atoms with van der Waals surface area (Å²) in [6, 6.07) is 7.29. The normalized spacial score (nSPS) is 12.9. The lowest BCUT2D eigenvalue weighted by atomic mass is 10.0. The van der Waals surface area contributed by atoms with Crippen molar-refractivity contribution in [2.24, 2.45) is 0 Å². The van der Waals surface area contributed by atoms with Crippen LogP contribution in [0.1, 0.15) is 46.2 Å². The molecular weight excluding hydrogens is 314 g/mol. The van der Waals surface area contributed by atoms with Crippen LogP contribution in [0.3, 0.4) is 0 Å². The molecule has 0 aliphatic rings. The molecule has 0 spiro atoms. The summed E-state index contributed by atoms with van der Waals surface area (Å²) in [5.41, 5.74) is -0.229. The number of ketones is 1. The number of carboxylic acids is 1. The van der Waals surface area contributed by atoms with E-state index in [0.717, 1.165) is 0 Å². The smallest absolute Gasteiger partial charge is 0.408 e. The SMILES string of the molecule is CC(C)(C)OC(=O)N[C@@H](c1ccccc1)[C@@H](O)C(=O)O.CC(C)=O. The third-order valence-electron chi connectivity index (χ3n) is 2.40. The van der Waals surface area contributed by atoms with E-state index in [2.05, 4.69) is 5.32 Å². The van der Waals surface area contributed by atoms with Gasteiger partial charge in [0.2, 0.25) is 0 Å². The van der Waals surface area contributed by atoms with E-state index in [-0.39, 0.29) is 5.78 Å². The van der Waals surface area contributed by atoms with Gasteiger partial charge in [0, 0.05) is 0 Å². The third-order valence-corrected chi connectivity index (χ3v) is 2.40.